The molecule has 4 nitrogen and oxygen atoms in total. The second kappa shape index (κ2) is 10.2. The van der Waals surface area contributed by atoms with Gasteiger partial charge < -0.3 is 10.1 Å². The van der Waals surface area contributed by atoms with Gasteiger partial charge in [-0.3, -0.25) is 9.80 Å². The van der Waals surface area contributed by atoms with E-state index in [-0.39, 0.29) is 24.8 Å². The van der Waals surface area contributed by atoms with Crippen molar-refractivity contribution in [3.05, 3.63) is 0 Å². The molecular weight excluding hydrogens is 285 g/mol. The van der Waals surface area contributed by atoms with Crippen LogP contribution < -0.4 is 5.32 Å². The average molecular weight is 314 g/mol. The standard InChI is InChI=1S/C13H27N3O.2ClH/c1-3-13-11-17-12(2)10-16(13)9-8-15-6-4-14-5-7-15;;/h12-14H,3-11H2,1-2H3;2*1H. The molecule has 0 radical (unpaired) electrons. The highest BCUT2D eigenvalue weighted by Crippen LogP contribution is 2.14. The summed E-state index contributed by atoms with van der Waals surface area (Å²) in [4.78, 5) is 5.19. The fraction of sp³-hybridized carbons (Fsp3) is 1.00. The monoisotopic (exact) mass is 313 g/mol. The first kappa shape index (κ1) is 19.4. The molecule has 2 fully saturated rings. The second-order valence-corrected chi connectivity index (χ2v) is 5.29. The maximum Gasteiger partial charge on any atom is 0.0674 e. The molecule has 0 aromatic carbocycles. The van der Waals surface area contributed by atoms with Gasteiger partial charge in [0, 0.05) is 51.9 Å². The largest absolute Gasteiger partial charge is 0.376 e. The van der Waals surface area contributed by atoms with Crippen LogP contribution in [0.2, 0.25) is 0 Å². The van der Waals surface area contributed by atoms with E-state index >= 15 is 0 Å². The number of piperazine rings is 1. The van der Waals surface area contributed by atoms with Gasteiger partial charge in [-0.25, -0.2) is 0 Å². The van der Waals surface area contributed by atoms with Crippen molar-refractivity contribution in [3.63, 3.8) is 0 Å². The smallest absolute Gasteiger partial charge is 0.0674 e. The highest BCUT2D eigenvalue weighted by atomic mass is 35.5. The normalized spacial score (nSPS) is 29.4. The maximum absolute atomic E-state index is 5.74. The lowest BCUT2D eigenvalue weighted by Gasteiger charge is -2.39. The molecule has 0 spiro atoms. The second-order valence-electron chi connectivity index (χ2n) is 5.29. The summed E-state index contributed by atoms with van der Waals surface area (Å²) >= 11 is 0. The summed E-state index contributed by atoms with van der Waals surface area (Å²) in [5, 5.41) is 3.40. The van der Waals surface area contributed by atoms with Crippen molar-refractivity contribution in [2.75, 3.05) is 52.4 Å². The van der Waals surface area contributed by atoms with Crippen LogP contribution in [0.3, 0.4) is 0 Å². The lowest BCUT2D eigenvalue weighted by molar-refractivity contribution is -0.0580. The molecule has 2 aliphatic rings. The van der Waals surface area contributed by atoms with E-state index in [9.17, 15) is 0 Å². The number of halogens is 2. The van der Waals surface area contributed by atoms with Gasteiger partial charge in [0.15, 0.2) is 0 Å². The molecule has 0 bridgehead atoms. The van der Waals surface area contributed by atoms with Crippen molar-refractivity contribution < 1.29 is 4.74 Å². The molecule has 2 atom stereocenters. The molecule has 0 aromatic rings. The Labute approximate surface area is 130 Å². The van der Waals surface area contributed by atoms with Crippen LogP contribution in [0.1, 0.15) is 20.3 Å². The number of morpholine rings is 1. The third-order valence-corrected chi connectivity index (χ3v) is 3.97. The molecule has 0 amide bonds. The van der Waals surface area contributed by atoms with Crippen molar-refractivity contribution in [1.82, 2.24) is 15.1 Å². The number of hydrogen-bond donors (Lipinski definition) is 1. The van der Waals surface area contributed by atoms with Gasteiger partial charge in [-0.15, -0.1) is 24.8 Å². The summed E-state index contributed by atoms with van der Waals surface area (Å²) in [6.45, 7) is 13.6. The van der Waals surface area contributed by atoms with Crippen molar-refractivity contribution >= 4 is 24.8 Å². The van der Waals surface area contributed by atoms with Crippen LogP contribution in [0.15, 0.2) is 0 Å². The zero-order valence-electron chi connectivity index (χ0n) is 12.1. The van der Waals surface area contributed by atoms with E-state index in [0.29, 0.717) is 12.1 Å². The summed E-state index contributed by atoms with van der Waals surface area (Å²) in [6, 6.07) is 0.633. The Morgan fingerprint density at radius 3 is 2.47 bits per heavy atom. The molecule has 2 heterocycles. The third kappa shape index (κ3) is 6.15. The Morgan fingerprint density at radius 1 is 1.16 bits per heavy atom. The van der Waals surface area contributed by atoms with E-state index in [1.54, 1.807) is 0 Å². The van der Waals surface area contributed by atoms with Crippen LogP contribution >= 0.6 is 24.8 Å². The van der Waals surface area contributed by atoms with Gasteiger partial charge in [0.1, 0.15) is 0 Å². The van der Waals surface area contributed by atoms with E-state index in [1.165, 1.54) is 32.6 Å². The van der Waals surface area contributed by atoms with Gasteiger partial charge in [0.05, 0.1) is 12.7 Å². The molecule has 2 saturated heterocycles. The molecule has 0 saturated carbocycles. The summed E-state index contributed by atoms with van der Waals surface area (Å²) in [5.74, 6) is 0. The average Bonchev–Trinajstić information content (AvgIpc) is 2.38. The van der Waals surface area contributed by atoms with E-state index in [0.717, 1.165) is 26.2 Å². The van der Waals surface area contributed by atoms with Gasteiger partial charge in [-0.2, -0.15) is 0 Å². The summed E-state index contributed by atoms with van der Waals surface area (Å²) in [6.07, 6.45) is 1.61. The Bertz CT molecular complexity index is 228. The van der Waals surface area contributed by atoms with Crippen LogP contribution in [-0.4, -0.2) is 74.4 Å². The fourth-order valence-electron chi connectivity index (χ4n) is 2.77. The molecule has 6 heteroatoms. The zero-order valence-corrected chi connectivity index (χ0v) is 13.8. The Kier molecular flexibility index (Phi) is 10.4. The first-order valence-electron chi connectivity index (χ1n) is 7.08. The summed E-state index contributed by atoms with van der Waals surface area (Å²) in [7, 11) is 0. The van der Waals surface area contributed by atoms with Crippen LogP contribution in [0.5, 0.6) is 0 Å². The highest BCUT2D eigenvalue weighted by Gasteiger charge is 2.25. The lowest BCUT2D eigenvalue weighted by atomic mass is 10.1. The molecule has 1 N–H and O–H groups in total. The van der Waals surface area contributed by atoms with Gasteiger partial charge >= 0.3 is 0 Å². The number of rotatable bonds is 4. The van der Waals surface area contributed by atoms with Crippen molar-refractivity contribution in [2.45, 2.75) is 32.4 Å². The van der Waals surface area contributed by atoms with Crippen LogP contribution in [0.4, 0.5) is 0 Å². The fourth-order valence-corrected chi connectivity index (χ4v) is 2.77. The summed E-state index contributed by atoms with van der Waals surface area (Å²) in [5.41, 5.74) is 0. The molecule has 2 rings (SSSR count). The molecule has 0 aromatic heterocycles. The predicted molar refractivity (Wildman–Crippen MR) is 84.9 cm³/mol. The number of hydrogen-bond acceptors (Lipinski definition) is 4. The Balaban J connectivity index is 0.00000162. The maximum atomic E-state index is 5.74. The minimum atomic E-state index is 0. The van der Waals surface area contributed by atoms with Gasteiger partial charge in [-0.05, 0) is 13.3 Å². The molecule has 0 aliphatic carbocycles. The Morgan fingerprint density at radius 2 is 1.84 bits per heavy atom. The molecule has 2 unspecified atom stereocenters. The number of nitrogens with one attached hydrogen (secondary N) is 1. The topological polar surface area (TPSA) is 27.7 Å². The predicted octanol–water partition coefficient (Wildman–Crippen LogP) is 1.23. The van der Waals surface area contributed by atoms with Crippen molar-refractivity contribution in [1.29, 1.82) is 0 Å². The van der Waals surface area contributed by atoms with Crippen LogP contribution in [0, 0.1) is 0 Å². The third-order valence-electron chi connectivity index (χ3n) is 3.97. The minimum Gasteiger partial charge on any atom is -0.376 e. The zero-order chi connectivity index (χ0) is 12.1. The van der Waals surface area contributed by atoms with Crippen molar-refractivity contribution in [2.24, 2.45) is 0 Å². The first-order valence-corrected chi connectivity index (χ1v) is 7.08. The highest BCUT2D eigenvalue weighted by molar-refractivity contribution is 5.85. The van der Waals surface area contributed by atoms with Crippen molar-refractivity contribution in [3.8, 4) is 0 Å². The van der Waals surface area contributed by atoms with Crippen LogP contribution in [0.25, 0.3) is 0 Å². The number of ether oxygens (including phenoxy) is 1. The lowest BCUT2D eigenvalue weighted by Crippen LogP contribution is -2.52. The Hall–Kier alpha value is 0.420. The minimum absolute atomic E-state index is 0. The number of nitrogens with zero attached hydrogens (tertiary/aromatic N) is 2. The van der Waals surface area contributed by atoms with E-state index in [1.807, 2.05) is 0 Å². The SMILES string of the molecule is CCC1COC(C)CN1CCN1CCNCC1.Cl.Cl. The van der Waals surface area contributed by atoms with Gasteiger partial charge in [0.25, 0.3) is 0 Å². The quantitative estimate of drug-likeness (QED) is 0.845. The van der Waals surface area contributed by atoms with E-state index in [4.69, 9.17) is 4.74 Å². The molecular formula is C13H29Cl2N3O. The molecule has 2 aliphatic heterocycles. The van der Waals surface area contributed by atoms with Gasteiger partial charge in [-0.1, -0.05) is 6.92 Å². The first-order chi connectivity index (χ1) is 8.29. The molecule has 116 valence electrons. The van der Waals surface area contributed by atoms with E-state index in [2.05, 4.69) is 29.0 Å². The van der Waals surface area contributed by atoms with Crippen LogP contribution in [-0.2, 0) is 4.74 Å². The van der Waals surface area contributed by atoms with E-state index < -0.39 is 0 Å². The summed E-state index contributed by atoms with van der Waals surface area (Å²) < 4.78 is 5.74. The molecule has 19 heavy (non-hydrogen) atoms. The van der Waals surface area contributed by atoms with Gasteiger partial charge in [0.2, 0.25) is 0 Å².